The number of aliphatic hydroxyl groups is 5. The van der Waals surface area contributed by atoms with Gasteiger partial charge in [0.05, 0.1) is 25.4 Å². The van der Waals surface area contributed by atoms with E-state index in [4.69, 9.17) is 9.47 Å². The van der Waals surface area contributed by atoms with Crippen molar-refractivity contribution in [3.05, 3.63) is 0 Å². The van der Waals surface area contributed by atoms with Gasteiger partial charge in [-0.1, -0.05) is 78.1 Å². The summed E-state index contributed by atoms with van der Waals surface area (Å²) in [5.74, 6) is -0.175. The topological polar surface area (TPSA) is 149 Å². The lowest BCUT2D eigenvalue weighted by molar-refractivity contribution is -0.302. The number of carbonyl (C=O) groups excluding carboxylic acids is 1. The summed E-state index contributed by atoms with van der Waals surface area (Å²) in [6.07, 6.45) is 4.96. The highest BCUT2D eigenvalue weighted by Crippen LogP contribution is 2.22. The molecule has 0 radical (unpaired) electrons. The minimum Gasteiger partial charge on any atom is -0.394 e. The Kier molecular flexibility index (Phi) is 16.9. The number of ether oxygens (including phenoxy) is 2. The SMILES string of the molecule is CCCCCCCCCCC(O)C(COC1OC(CO)C(O)C(O)C1O)NC(=O)CCCCC. The Balaban J connectivity index is 2.57. The smallest absolute Gasteiger partial charge is 0.220 e. The summed E-state index contributed by atoms with van der Waals surface area (Å²) in [7, 11) is 0. The number of nitrogens with one attached hydrogen (secondary N) is 1. The molecular weight excluding hydrogens is 442 g/mol. The highest BCUT2D eigenvalue weighted by atomic mass is 16.7. The zero-order chi connectivity index (χ0) is 25.3. The predicted molar refractivity (Wildman–Crippen MR) is 129 cm³/mol. The van der Waals surface area contributed by atoms with Crippen molar-refractivity contribution in [2.45, 2.75) is 140 Å². The Labute approximate surface area is 204 Å². The standard InChI is InChI=1S/C25H49NO8/c1-3-5-7-8-9-10-11-13-14-19(28)18(26-21(29)15-12-6-4-2)17-33-25-24(32)23(31)22(30)20(16-27)34-25/h18-20,22-25,27-28,30-32H,3-17H2,1-2H3,(H,26,29). The molecule has 0 aromatic heterocycles. The van der Waals surface area contributed by atoms with Gasteiger partial charge < -0.3 is 40.3 Å². The lowest BCUT2D eigenvalue weighted by atomic mass is 9.99. The van der Waals surface area contributed by atoms with Gasteiger partial charge in [-0.3, -0.25) is 4.79 Å². The van der Waals surface area contributed by atoms with E-state index in [9.17, 15) is 30.3 Å². The highest BCUT2D eigenvalue weighted by molar-refractivity contribution is 5.76. The summed E-state index contributed by atoms with van der Waals surface area (Å²) in [5.41, 5.74) is 0. The highest BCUT2D eigenvalue weighted by Gasteiger charge is 2.44. The number of hydrogen-bond donors (Lipinski definition) is 6. The molecule has 1 saturated heterocycles. The molecule has 6 N–H and O–H groups in total. The van der Waals surface area contributed by atoms with Crippen molar-refractivity contribution < 1.29 is 39.8 Å². The van der Waals surface area contributed by atoms with Crippen LogP contribution in [0.3, 0.4) is 0 Å². The first kappa shape index (κ1) is 31.2. The van der Waals surface area contributed by atoms with Crippen molar-refractivity contribution in [2.75, 3.05) is 13.2 Å². The van der Waals surface area contributed by atoms with Gasteiger partial charge in [-0.05, 0) is 12.8 Å². The van der Waals surface area contributed by atoms with Gasteiger partial charge in [0.2, 0.25) is 5.91 Å². The Morgan fingerprint density at radius 1 is 0.882 bits per heavy atom. The molecule has 0 saturated carbocycles. The average molecular weight is 492 g/mol. The average Bonchev–Trinajstić information content (AvgIpc) is 2.83. The van der Waals surface area contributed by atoms with E-state index in [2.05, 4.69) is 19.2 Å². The molecule has 1 heterocycles. The molecule has 0 spiro atoms. The van der Waals surface area contributed by atoms with Gasteiger partial charge in [-0.2, -0.15) is 0 Å². The van der Waals surface area contributed by atoms with Crippen LogP contribution in [0.1, 0.15) is 97.3 Å². The molecule has 7 unspecified atom stereocenters. The molecule has 1 aliphatic rings. The van der Waals surface area contributed by atoms with E-state index < -0.39 is 49.5 Å². The van der Waals surface area contributed by atoms with Gasteiger partial charge in [-0.25, -0.2) is 0 Å². The number of amides is 1. The maximum Gasteiger partial charge on any atom is 0.220 e. The first-order valence-corrected chi connectivity index (χ1v) is 13.2. The third-order valence-electron chi connectivity index (χ3n) is 6.46. The number of carbonyl (C=O) groups is 1. The molecular formula is C25H49NO8. The summed E-state index contributed by atoms with van der Waals surface area (Å²) in [6.45, 7) is 3.56. The lowest BCUT2D eigenvalue weighted by Gasteiger charge is -2.40. The Hall–Kier alpha value is -0.810. The third-order valence-corrected chi connectivity index (χ3v) is 6.46. The van der Waals surface area contributed by atoms with Gasteiger partial charge in [0.15, 0.2) is 6.29 Å². The molecule has 1 fully saturated rings. The molecule has 202 valence electrons. The molecule has 0 bridgehead atoms. The second kappa shape index (κ2) is 18.5. The van der Waals surface area contributed by atoms with Gasteiger partial charge in [0, 0.05) is 6.42 Å². The second-order valence-electron chi connectivity index (χ2n) is 9.49. The van der Waals surface area contributed by atoms with Crippen LogP contribution in [0.4, 0.5) is 0 Å². The summed E-state index contributed by atoms with van der Waals surface area (Å²) in [6, 6.07) is -0.703. The second-order valence-corrected chi connectivity index (χ2v) is 9.49. The lowest BCUT2D eigenvalue weighted by Crippen LogP contribution is -2.60. The van der Waals surface area contributed by atoms with Crippen LogP contribution in [0.15, 0.2) is 0 Å². The van der Waals surface area contributed by atoms with Crippen molar-refractivity contribution in [1.29, 1.82) is 0 Å². The minimum atomic E-state index is -1.54. The predicted octanol–water partition coefficient (Wildman–Crippen LogP) is 1.76. The molecule has 7 atom stereocenters. The Morgan fingerprint density at radius 3 is 2.09 bits per heavy atom. The molecule has 0 aromatic rings. The molecule has 1 amide bonds. The van der Waals surface area contributed by atoms with Crippen LogP contribution in [0, 0.1) is 0 Å². The van der Waals surface area contributed by atoms with Gasteiger partial charge in [-0.15, -0.1) is 0 Å². The molecule has 1 aliphatic heterocycles. The van der Waals surface area contributed by atoms with Crippen LogP contribution < -0.4 is 5.32 Å². The fourth-order valence-electron chi connectivity index (χ4n) is 4.16. The van der Waals surface area contributed by atoms with Crippen LogP contribution in [-0.4, -0.2) is 87.5 Å². The van der Waals surface area contributed by atoms with E-state index in [0.717, 1.165) is 38.5 Å². The summed E-state index contributed by atoms with van der Waals surface area (Å²) in [5, 5.41) is 53.0. The van der Waals surface area contributed by atoms with Crippen LogP contribution in [0.25, 0.3) is 0 Å². The van der Waals surface area contributed by atoms with Crippen LogP contribution in [0.2, 0.25) is 0 Å². The van der Waals surface area contributed by atoms with E-state index in [1.54, 1.807) is 0 Å². The molecule has 0 aliphatic carbocycles. The zero-order valence-corrected chi connectivity index (χ0v) is 21.1. The Morgan fingerprint density at radius 2 is 1.47 bits per heavy atom. The number of hydrogen-bond acceptors (Lipinski definition) is 8. The van der Waals surface area contributed by atoms with E-state index in [0.29, 0.717) is 12.8 Å². The van der Waals surface area contributed by atoms with E-state index in [1.165, 1.54) is 32.1 Å². The fraction of sp³-hybridized carbons (Fsp3) is 0.960. The fourth-order valence-corrected chi connectivity index (χ4v) is 4.16. The zero-order valence-electron chi connectivity index (χ0n) is 21.1. The summed E-state index contributed by atoms with van der Waals surface area (Å²) < 4.78 is 11.0. The number of unbranched alkanes of at least 4 members (excludes halogenated alkanes) is 9. The van der Waals surface area contributed by atoms with E-state index in [1.807, 2.05) is 0 Å². The van der Waals surface area contributed by atoms with E-state index in [-0.39, 0.29) is 12.5 Å². The maximum atomic E-state index is 12.4. The largest absolute Gasteiger partial charge is 0.394 e. The third kappa shape index (κ3) is 11.7. The van der Waals surface area contributed by atoms with Crippen molar-refractivity contribution >= 4 is 5.91 Å². The molecule has 34 heavy (non-hydrogen) atoms. The van der Waals surface area contributed by atoms with Crippen molar-refractivity contribution in [3.8, 4) is 0 Å². The Bertz CT molecular complexity index is 521. The number of rotatable bonds is 19. The summed E-state index contributed by atoms with van der Waals surface area (Å²) in [4.78, 5) is 12.4. The maximum absolute atomic E-state index is 12.4. The summed E-state index contributed by atoms with van der Waals surface area (Å²) >= 11 is 0. The van der Waals surface area contributed by atoms with Crippen molar-refractivity contribution in [1.82, 2.24) is 5.32 Å². The van der Waals surface area contributed by atoms with Crippen molar-refractivity contribution in [3.63, 3.8) is 0 Å². The van der Waals surface area contributed by atoms with Crippen molar-refractivity contribution in [2.24, 2.45) is 0 Å². The normalized spacial score (nSPS) is 26.9. The first-order chi connectivity index (χ1) is 16.3. The van der Waals surface area contributed by atoms with Gasteiger partial charge in [0.25, 0.3) is 0 Å². The van der Waals surface area contributed by atoms with Gasteiger partial charge in [0.1, 0.15) is 24.4 Å². The molecule has 0 aromatic carbocycles. The number of aliphatic hydroxyl groups excluding tert-OH is 5. The van der Waals surface area contributed by atoms with Crippen LogP contribution in [-0.2, 0) is 14.3 Å². The first-order valence-electron chi connectivity index (χ1n) is 13.2. The van der Waals surface area contributed by atoms with E-state index >= 15 is 0 Å². The van der Waals surface area contributed by atoms with Gasteiger partial charge >= 0.3 is 0 Å². The molecule has 9 nitrogen and oxygen atoms in total. The van der Waals surface area contributed by atoms with Crippen LogP contribution >= 0.6 is 0 Å². The molecule has 1 rings (SSSR count). The quantitative estimate of drug-likeness (QED) is 0.150. The van der Waals surface area contributed by atoms with Crippen LogP contribution in [0.5, 0.6) is 0 Å². The monoisotopic (exact) mass is 491 g/mol. The molecule has 9 heteroatoms. The minimum absolute atomic E-state index is 0.138.